The average Bonchev–Trinajstić information content (AvgIpc) is 2.42. The van der Waals surface area contributed by atoms with Crippen molar-refractivity contribution in [2.75, 3.05) is 13.2 Å². The number of ether oxygens (including phenoxy) is 2. The third-order valence-electron chi connectivity index (χ3n) is 17.4. The summed E-state index contributed by atoms with van der Waals surface area (Å²) in [7, 11) is 0. The van der Waals surface area contributed by atoms with E-state index in [1.807, 2.05) is 0 Å². The second-order valence-electron chi connectivity index (χ2n) is 25.7. The summed E-state index contributed by atoms with van der Waals surface area (Å²) in [5, 5.41) is 55.0. The minimum Gasteiger partial charge on any atom is -0.394 e. The molecule has 1 fully saturated rings. The maximum Gasteiger partial charge on any atom is 0.220 e. The van der Waals surface area contributed by atoms with Crippen LogP contribution >= 0.6 is 0 Å². The van der Waals surface area contributed by atoms with E-state index in [0.717, 1.165) is 103 Å². The van der Waals surface area contributed by atoms with Gasteiger partial charge in [0.1, 0.15) is 24.4 Å². The van der Waals surface area contributed by atoms with Crippen LogP contribution in [0.4, 0.5) is 0 Å². The molecule has 0 aromatic heterocycles. The molecule has 0 radical (unpaired) electrons. The molecule has 1 aliphatic heterocycles. The molecule has 0 spiro atoms. The lowest BCUT2D eigenvalue weighted by atomic mass is 9.99. The summed E-state index contributed by atoms with van der Waals surface area (Å²) >= 11 is 0. The molecule has 6 N–H and O–H groups in total. The zero-order valence-electron chi connectivity index (χ0n) is 57.7. The second kappa shape index (κ2) is 67.7. The Labute approximate surface area is 548 Å². The van der Waals surface area contributed by atoms with Gasteiger partial charge in [0.15, 0.2) is 6.29 Å². The van der Waals surface area contributed by atoms with Gasteiger partial charge >= 0.3 is 0 Å². The summed E-state index contributed by atoms with van der Waals surface area (Å²) in [6.45, 7) is 3.76. The van der Waals surface area contributed by atoms with Gasteiger partial charge in [-0.1, -0.05) is 354 Å². The van der Waals surface area contributed by atoms with Crippen LogP contribution in [0, 0.1) is 0 Å². The lowest BCUT2D eigenvalue weighted by Gasteiger charge is -2.40. The van der Waals surface area contributed by atoms with E-state index in [0.29, 0.717) is 12.8 Å². The fourth-order valence-electron chi connectivity index (χ4n) is 11.6. The maximum atomic E-state index is 13.2. The summed E-state index contributed by atoms with van der Waals surface area (Å²) in [5.74, 6) is -0.147. The number of allylic oxidation sites excluding steroid dienone is 18. The number of hydrogen-bond donors (Lipinski definition) is 6. The minimum absolute atomic E-state index is 0.142. The molecule has 9 nitrogen and oxygen atoms in total. The van der Waals surface area contributed by atoms with E-state index in [-0.39, 0.29) is 12.5 Å². The highest BCUT2D eigenvalue weighted by atomic mass is 16.7. The van der Waals surface area contributed by atoms with Crippen LogP contribution in [0.2, 0.25) is 0 Å². The molecular weight excluding hydrogens is 1100 g/mol. The van der Waals surface area contributed by atoms with E-state index in [2.05, 4.69) is 129 Å². The fraction of sp³-hybridized carbons (Fsp3) is 0.762. The van der Waals surface area contributed by atoms with Gasteiger partial charge < -0.3 is 40.3 Å². The number of unbranched alkanes of at least 4 members (excludes halogenated alkanes) is 37. The first-order valence-electron chi connectivity index (χ1n) is 37.6. The van der Waals surface area contributed by atoms with Crippen molar-refractivity contribution in [3.63, 3.8) is 0 Å². The van der Waals surface area contributed by atoms with E-state index in [9.17, 15) is 30.3 Å². The van der Waals surface area contributed by atoms with Crippen LogP contribution in [0.25, 0.3) is 0 Å². The van der Waals surface area contributed by atoms with Gasteiger partial charge in [-0.2, -0.15) is 0 Å². The van der Waals surface area contributed by atoms with Gasteiger partial charge in [0.05, 0.1) is 25.4 Å². The number of aliphatic hydroxyl groups is 5. The van der Waals surface area contributed by atoms with E-state index < -0.39 is 49.5 Å². The first-order chi connectivity index (χ1) is 43.8. The highest BCUT2D eigenvalue weighted by molar-refractivity contribution is 5.76. The molecule has 0 saturated carbocycles. The van der Waals surface area contributed by atoms with Crippen molar-refractivity contribution in [1.82, 2.24) is 5.32 Å². The number of rotatable bonds is 65. The molecule has 9 heteroatoms. The monoisotopic (exact) mass is 1240 g/mol. The summed E-state index contributed by atoms with van der Waals surface area (Å²) in [4.78, 5) is 13.2. The molecule has 1 rings (SSSR count). The Morgan fingerprint density at radius 1 is 0.393 bits per heavy atom. The quantitative estimate of drug-likeness (QED) is 0.0261. The van der Waals surface area contributed by atoms with Gasteiger partial charge in [-0.05, 0) is 83.5 Å². The number of hydrogen-bond acceptors (Lipinski definition) is 8. The summed E-state index contributed by atoms with van der Waals surface area (Å²) in [6, 6.07) is -0.729. The van der Waals surface area contributed by atoms with Crippen LogP contribution < -0.4 is 5.32 Å². The molecule has 0 aliphatic carbocycles. The third-order valence-corrected chi connectivity index (χ3v) is 17.4. The van der Waals surface area contributed by atoms with E-state index in [4.69, 9.17) is 9.47 Å². The van der Waals surface area contributed by atoms with Crippen LogP contribution in [0.15, 0.2) is 109 Å². The van der Waals surface area contributed by atoms with Crippen LogP contribution in [-0.2, 0) is 14.3 Å². The number of amides is 1. The van der Waals surface area contributed by atoms with Crippen LogP contribution in [0.3, 0.4) is 0 Å². The lowest BCUT2D eigenvalue weighted by Crippen LogP contribution is -2.60. The Hall–Kier alpha value is -3.15. The largest absolute Gasteiger partial charge is 0.394 e. The molecule has 514 valence electrons. The maximum absolute atomic E-state index is 13.2. The first kappa shape index (κ1) is 83.9. The van der Waals surface area contributed by atoms with Crippen molar-refractivity contribution in [3.05, 3.63) is 109 Å². The number of carbonyl (C=O) groups excluding carboxylic acids is 1. The van der Waals surface area contributed by atoms with E-state index in [1.54, 1.807) is 0 Å². The number of aliphatic hydroxyl groups excluding tert-OH is 5. The Bertz CT molecular complexity index is 1780. The van der Waals surface area contributed by atoms with E-state index >= 15 is 0 Å². The van der Waals surface area contributed by atoms with Crippen molar-refractivity contribution in [2.45, 2.75) is 378 Å². The normalized spacial score (nSPS) is 18.5. The second-order valence-corrected chi connectivity index (χ2v) is 25.7. The summed E-state index contributed by atoms with van der Waals surface area (Å²) in [6.07, 6.45) is 93.0. The van der Waals surface area contributed by atoms with Crippen molar-refractivity contribution in [1.29, 1.82) is 0 Å². The van der Waals surface area contributed by atoms with Gasteiger partial charge in [0.2, 0.25) is 5.91 Å². The molecule has 1 heterocycles. The third kappa shape index (κ3) is 56.1. The predicted molar refractivity (Wildman–Crippen MR) is 382 cm³/mol. The Morgan fingerprint density at radius 3 is 1.03 bits per heavy atom. The molecule has 89 heavy (non-hydrogen) atoms. The highest BCUT2D eigenvalue weighted by Gasteiger charge is 2.44. The molecule has 0 aromatic carbocycles. The Kier molecular flexibility index (Phi) is 63.8. The van der Waals surface area contributed by atoms with Crippen molar-refractivity contribution < 1.29 is 39.8 Å². The molecule has 1 saturated heterocycles. The van der Waals surface area contributed by atoms with Gasteiger partial charge in [-0.3, -0.25) is 4.79 Å². The molecule has 1 amide bonds. The van der Waals surface area contributed by atoms with Crippen LogP contribution in [-0.4, -0.2) is 87.5 Å². The molecule has 7 atom stereocenters. The van der Waals surface area contributed by atoms with Crippen LogP contribution in [0.1, 0.15) is 335 Å². The predicted octanol–water partition coefficient (Wildman–Crippen LogP) is 21.2. The number of carbonyl (C=O) groups is 1. The molecule has 1 aliphatic rings. The topological polar surface area (TPSA) is 149 Å². The summed E-state index contributed by atoms with van der Waals surface area (Å²) in [5.41, 5.74) is 0. The van der Waals surface area contributed by atoms with Gasteiger partial charge in [0.25, 0.3) is 0 Å². The smallest absolute Gasteiger partial charge is 0.220 e. The van der Waals surface area contributed by atoms with Crippen molar-refractivity contribution >= 4 is 5.91 Å². The zero-order valence-corrected chi connectivity index (χ0v) is 57.7. The average molecular weight is 1250 g/mol. The van der Waals surface area contributed by atoms with Gasteiger partial charge in [0, 0.05) is 6.42 Å². The fourth-order valence-corrected chi connectivity index (χ4v) is 11.6. The van der Waals surface area contributed by atoms with Crippen LogP contribution in [0.5, 0.6) is 0 Å². The summed E-state index contributed by atoms with van der Waals surface area (Å²) < 4.78 is 11.4. The zero-order chi connectivity index (χ0) is 64.2. The number of nitrogens with one attached hydrogen (secondary N) is 1. The van der Waals surface area contributed by atoms with E-state index in [1.165, 1.54) is 205 Å². The SMILES string of the molecule is CC/C=C\C/C=C\C/C=C\C/C=C\C/C=C\C/C=C\C/C=C\C/C=C\C/C=C\CCCCCCCCCCCCCC(=O)NC(COC1OC(CO)C(O)C(O)C1O)C(O)CCCCCCCCCCCCCCCCCCCCCCCCCCCCC. The van der Waals surface area contributed by atoms with Crippen molar-refractivity contribution in [3.8, 4) is 0 Å². The van der Waals surface area contributed by atoms with Gasteiger partial charge in [-0.25, -0.2) is 0 Å². The molecule has 0 bridgehead atoms. The Balaban J connectivity index is 2.11. The Morgan fingerprint density at radius 2 is 0.697 bits per heavy atom. The van der Waals surface area contributed by atoms with Gasteiger partial charge in [-0.15, -0.1) is 0 Å². The van der Waals surface area contributed by atoms with Crippen molar-refractivity contribution in [2.24, 2.45) is 0 Å². The molecular formula is C80H141NO8. The first-order valence-corrected chi connectivity index (χ1v) is 37.6. The molecule has 7 unspecified atom stereocenters. The minimum atomic E-state index is -1.56. The highest BCUT2D eigenvalue weighted by Crippen LogP contribution is 2.24. The lowest BCUT2D eigenvalue weighted by molar-refractivity contribution is -0.302. The molecule has 0 aromatic rings. The standard InChI is InChI=1S/C80H141NO8/c1-3-5-7-9-11-13-15-17-19-21-23-25-27-29-31-32-33-34-35-36-37-38-39-40-41-42-44-46-48-50-52-54-56-58-60-62-64-66-68-70-76(84)81-73(72-88-80-79(87)78(86)77(85)75(71-82)89-80)74(83)69-67-65-63-61-59-57-55-53-51-49-47-45-43-30-28-26-24-22-20-18-16-14-12-10-8-6-4-2/h5,7,11,13,17,19,23,25,29,31,33-34,36-37,39-40,42,44,73-75,77-80,82-83,85-87H,3-4,6,8-10,12,14-16,18,20-22,24,26-28,30,32,35,38,41,43,45-72H2,1-2H3,(H,81,84)/b7-5-,13-11-,19-17-,25-23-,31-29-,34-33-,37-36-,40-39-,44-42-.